The third kappa shape index (κ3) is 5.05. The molecule has 1 heterocycles. The number of aliphatic hydroxyl groups excluding tert-OH is 1. The summed E-state index contributed by atoms with van der Waals surface area (Å²) in [6.07, 6.45) is 2.16. The van der Waals surface area contributed by atoms with Gasteiger partial charge in [0.05, 0.1) is 11.7 Å². The zero-order valence-electron chi connectivity index (χ0n) is 10.7. The predicted octanol–water partition coefficient (Wildman–Crippen LogP) is 1.16. The molecule has 0 saturated heterocycles. The van der Waals surface area contributed by atoms with E-state index in [4.69, 9.17) is 15.9 Å². The maximum atomic E-state index is 10.2. The Morgan fingerprint density at radius 3 is 2.50 bits per heavy atom. The fourth-order valence-electron chi connectivity index (χ4n) is 1.36. The van der Waals surface area contributed by atoms with E-state index in [0.717, 1.165) is 0 Å². The number of phenolic OH excluding ortho intramolecular Hbond substituents is 1. The van der Waals surface area contributed by atoms with Gasteiger partial charge in [-0.05, 0) is 29.8 Å². The summed E-state index contributed by atoms with van der Waals surface area (Å²) in [6, 6.07) is 9.52. The van der Waals surface area contributed by atoms with E-state index in [9.17, 15) is 9.90 Å². The highest BCUT2D eigenvalue weighted by Gasteiger charge is 2.03. The molecule has 0 amide bonds. The third-order valence-electron chi connectivity index (χ3n) is 2.39. The Morgan fingerprint density at radius 2 is 2.05 bits per heavy atom. The second kappa shape index (κ2) is 7.88. The van der Waals surface area contributed by atoms with Crippen LogP contribution in [0, 0.1) is 0 Å². The van der Waals surface area contributed by atoms with Gasteiger partial charge < -0.3 is 21.1 Å². The minimum Gasteiger partial charge on any atom is -0.508 e. The normalized spacial score (nSPS) is 11.1. The highest BCUT2D eigenvalue weighted by molar-refractivity contribution is 5.86. The summed E-state index contributed by atoms with van der Waals surface area (Å²) in [4.78, 5) is 13.8. The largest absolute Gasteiger partial charge is 0.508 e. The number of pyridine rings is 1. The van der Waals surface area contributed by atoms with E-state index in [2.05, 4.69) is 4.98 Å². The number of carboxylic acids is 1. The van der Waals surface area contributed by atoms with E-state index < -0.39 is 12.1 Å². The van der Waals surface area contributed by atoms with Crippen LogP contribution in [0.2, 0.25) is 0 Å². The molecule has 0 aliphatic rings. The number of benzene rings is 1. The molecule has 0 bridgehead atoms. The van der Waals surface area contributed by atoms with Crippen molar-refractivity contribution in [3.8, 4) is 5.75 Å². The Kier molecular flexibility index (Phi) is 6.15. The van der Waals surface area contributed by atoms with Gasteiger partial charge in [0.15, 0.2) is 0 Å². The molecule has 0 spiro atoms. The molecule has 6 nitrogen and oxygen atoms in total. The number of aromatic hydroxyl groups is 1. The van der Waals surface area contributed by atoms with E-state index >= 15 is 0 Å². The molecule has 20 heavy (non-hydrogen) atoms. The second-order valence-electron chi connectivity index (χ2n) is 3.89. The van der Waals surface area contributed by atoms with Crippen LogP contribution in [0.15, 0.2) is 48.8 Å². The topological polar surface area (TPSA) is 117 Å². The monoisotopic (exact) mass is 276 g/mol. The lowest BCUT2D eigenvalue weighted by Gasteiger charge is -2.06. The summed E-state index contributed by atoms with van der Waals surface area (Å²) in [5.41, 5.74) is 6.09. The lowest BCUT2D eigenvalue weighted by molar-refractivity contribution is 0.0696. The first kappa shape index (κ1) is 15.6. The smallest absolute Gasteiger partial charge is 0.337 e. The van der Waals surface area contributed by atoms with Crippen molar-refractivity contribution in [2.45, 2.75) is 6.10 Å². The Hall–Kier alpha value is -2.44. The first-order chi connectivity index (χ1) is 9.54. The van der Waals surface area contributed by atoms with Gasteiger partial charge in [-0.2, -0.15) is 0 Å². The fourth-order valence-corrected chi connectivity index (χ4v) is 1.36. The molecule has 1 unspecified atom stereocenters. The molecule has 0 saturated carbocycles. The molecule has 0 aliphatic carbocycles. The Labute approximate surface area is 116 Å². The average Bonchev–Trinajstić information content (AvgIpc) is 2.48. The molecule has 2 aromatic rings. The summed E-state index contributed by atoms with van der Waals surface area (Å²) < 4.78 is 0. The maximum Gasteiger partial charge on any atom is 0.337 e. The van der Waals surface area contributed by atoms with Crippen LogP contribution in [0.1, 0.15) is 22.0 Å². The van der Waals surface area contributed by atoms with Gasteiger partial charge in [0.25, 0.3) is 0 Å². The number of rotatable bonds is 3. The Bertz CT molecular complexity index is 546. The number of nitrogens with zero attached hydrogens (tertiary/aromatic N) is 1. The molecular weight excluding hydrogens is 260 g/mol. The summed E-state index contributed by atoms with van der Waals surface area (Å²) in [5, 5.41) is 26.6. The number of carbonyl (C=O) groups is 1. The highest BCUT2D eigenvalue weighted by Crippen LogP contribution is 2.16. The van der Waals surface area contributed by atoms with Gasteiger partial charge in [0, 0.05) is 18.9 Å². The molecule has 0 aliphatic heterocycles. The number of hydrogen-bond acceptors (Lipinski definition) is 5. The molecule has 1 atom stereocenters. The van der Waals surface area contributed by atoms with Gasteiger partial charge in [0.1, 0.15) is 5.75 Å². The van der Waals surface area contributed by atoms with E-state index in [1.54, 1.807) is 24.3 Å². The SMILES string of the molecule is NCC(O)c1cccc(O)c1.O=C(O)c1cccnc1. The van der Waals surface area contributed by atoms with Crippen molar-refractivity contribution in [1.29, 1.82) is 0 Å². The van der Waals surface area contributed by atoms with Gasteiger partial charge >= 0.3 is 5.97 Å². The molecule has 1 aromatic carbocycles. The van der Waals surface area contributed by atoms with Crippen molar-refractivity contribution >= 4 is 5.97 Å². The highest BCUT2D eigenvalue weighted by atomic mass is 16.4. The van der Waals surface area contributed by atoms with Crippen molar-refractivity contribution in [3.63, 3.8) is 0 Å². The van der Waals surface area contributed by atoms with Crippen molar-refractivity contribution in [1.82, 2.24) is 4.98 Å². The second-order valence-corrected chi connectivity index (χ2v) is 3.89. The number of aliphatic hydroxyl groups is 1. The first-order valence-corrected chi connectivity index (χ1v) is 5.85. The molecule has 0 radical (unpaired) electrons. The number of hydrogen-bond donors (Lipinski definition) is 4. The van der Waals surface area contributed by atoms with E-state index in [-0.39, 0.29) is 17.9 Å². The van der Waals surface area contributed by atoms with Gasteiger partial charge in [0.2, 0.25) is 0 Å². The first-order valence-electron chi connectivity index (χ1n) is 5.85. The number of nitrogens with two attached hydrogens (primary N) is 1. The minimum absolute atomic E-state index is 0.148. The van der Waals surface area contributed by atoms with Crippen LogP contribution < -0.4 is 5.73 Å². The average molecular weight is 276 g/mol. The summed E-state index contributed by atoms with van der Waals surface area (Å²) in [6.45, 7) is 0.170. The number of aromatic nitrogens is 1. The van der Waals surface area contributed by atoms with Crippen molar-refractivity contribution in [3.05, 3.63) is 59.9 Å². The summed E-state index contributed by atoms with van der Waals surface area (Å²) in [7, 11) is 0. The molecule has 106 valence electrons. The predicted molar refractivity (Wildman–Crippen MR) is 73.3 cm³/mol. The molecular formula is C14H16N2O4. The zero-order chi connectivity index (χ0) is 15.0. The maximum absolute atomic E-state index is 10.2. The lowest BCUT2D eigenvalue weighted by Crippen LogP contribution is -2.11. The summed E-state index contributed by atoms with van der Waals surface area (Å²) in [5.74, 6) is -0.793. The van der Waals surface area contributed by atoms with Gasteiger partial charge in [-0.3, -0.25) is 4.98 Å². The van der Waals surface area contributed by atoms with Crippen LogP contribution in [-0.2, 0) is 0 Å². The number of aromatic carboxylic acids is 1. The zero-order valence-corrected chi connectivity index (χ0v) is 10.7. The van der Waals surface area contributed by atoms with Crippen LogP contribution in [0.5, 0.6) is 5.75 Å². The van der Waals surface area contributed by atoms with Crippen LogP contribution in [0.3, 0.4) is 0 Å². The lowest BCUT2D eigenvalue weighted by atomic mass is 10.1. The third-order valence-corrected chi connectivity index (χ3v) is 2.39. The molecule has 5 N–H and O–H groups in total. The molecule has 2 rings (SSSR count). The fraction of sp³-hybridized carbons (Fsp3) is 0.143. The number of carboxylic acid groups (broad SMARTS) is 1. The summed E-state index contributed by atoms with van der Waals surface area (Å²) >= 11 is 0. The molecule has 1 aromatic heterocycles. The Balaban J connectivity index is 0.000000204. The van der Waals surface area contributed by atoms with Crippen molar-refractivity contribution < 1.29 is 20.1 Å². The molecule has 0 fully saturated rings. The standard InChI is InChI=1S/C8H11NO2.C6H5NO2/c9-5-8(11)6-2-1-3-7(10)4-6;8-6(9)5-2-1-3-7-4-5/h1-4,8,10-11H,5,9H2;1-4H,(H,8,9). The Morgan fingerprint density at radius 1 is 1.30 bits per heavy atom. The van der Waals surface area contributed by atoms with E-state index in [0.29, 0.717) is 5.56 Å². The van der Waals surface area contributed by atoms with Crippen LogP contribution in [0.4, 0.5) is 0 Å². The minimum atomic E-state index is -0.942. The number of phenols is 1. The van der Waals surface area contributed by atoms with Gasteiger partial charge in [-0.1, -0.05) is 12.1 Å². The van der Waals surface area contributed by atoms with Crippen molar-refractivity contribution in [2.24, 2.45) is 5.73 Å². The van der Waals surface area contributed by atoms with E-state index in [1.807, 2.05) is 0 Å². The van der Waals surface area contributed by atoms with Crippen LogP contribution in [0.25, 0.3) is 0 Å². The van der Waals surface area contributed by atoms with Gasteiger partial charge in [-0.15, -0.1) is 0 Å². The van der Waals surface area contributed by atoms with Crippen LogP contribution in [-0.4, -0.2) is 32.8 Å². The quantitative estimate of drug-likeness (QED) is 0.668. The van der Waals surface area contributed by atoms with Crippen molar-refractivity contribution in [2.75, 3.05) is 6.54 Å². The van der Waals surface area contributed by atoms with E-state index in [1.165, 1.54) is 24.5 Å². The van der Waals surface area contributed by atoms with Gasteiger partial charge in [-0.25, -0.2) is 4.79 Å². The molecule has 6 heteroatoms. The van der Waals surface area contributed by atoms with Crippen LogP contribution >= 0.6 is 0 Å².